The van der Waals surface area contributed by atoms with E-state index in [9.17, 15) is 13.2 Å². The van der Waals surface area contributed by atoms with Crippen molar-refractivity contribution in [1.82, 2.24) is 9.97 Å². The summed E-state index contributed by atoms with van der Waals surface area (Å²) in [7, 11) is 0. The highest BCUT2D eigenvalue weighted by atomic mass is 32.1. The van der Waals surface area contributed by atoms with Crippen LogP contribution >= 0.6 is 0 Å². The summed E-state index contributed by atoms with van der Waals surface area (Å²) in [5.41, 5.74) is 0.213. The number of hydrogen-bond donors (Lipinski definition) is 0. The first kappa shape index (κ1) is 10.1. The molecule has 0 N–H and O–H groups in total. The fourth-order valence-electron chi connectivity index (χ4n) is 1.17. The smallest absolute Gasteiger partial charge is 0.451 e. The first-order valence-electron chi connectivity index (χ1n) is 3.99. The number of benzene rings is 1. The molecule has 2 aromatic rings. The Morgan fingerprint density at radius 3 is 2.40 bits per heavy atom. The number of halogens is 3. The van der Waals surface area contributed by atoms with E-state index in [0.29, 0.717) is 5.39 Å². The second-order valence-electron chi connectivity index (χ2n) is 2.87. The largest absolute Gasteiger partial charge is 0.759 e. The van der Waals surface area contributed by atoms with Crippen molar-refractivity contribution in [1.29, 1.82) is 0 Å². The molecule has 0 aliphatic carbocycles. The Labute approximate surface area is 88.6 Å². The Bertz CT molecular complexity index is 510. The average molecular weight is 229 g/mol. The van der Waals surface area contributed by atoms with Crippen molar-refractivity contribution in [2.24, 2.45) is 0 Å². The van der Waals surface area contributed by atoms with E-state index in [-0.39, 0.29) is 10.5 Å². The number of rotatable bonds is 0. The number of para-hydroxylation sites is 1. The van der Waals surface area contributed by atoms with Gasteiger partial charge in [0.15, 0.2) is 0 Å². The number of fused-ring (bicyclic) bond motifs is 1. The summed E-state index contributed by atoms with van der Waals surface area (Å²) in [6.07, 6.45) is -4.56. The summed E-state index contributed by atoms with van der Waals surface area (Å²) in [4.78, 5) is 6.66. The highest BCUT2D eigenvalue weighted by Gasteiger charge is 2.34. The second kappa shape index (κ2) is 3.30. The van der Waals surface area contributed by atoms with Crippen LogP contribution in [0.25, 0.3) is 10.9 Å². The van der Waals surface area contributed by atoms with Gasteiger partial charge in [0.2, 0.25) is 5.82 Å². The number of aromatic nitrogens is 2. The Morgan fingerprint density at radius 2 is 1.73 bits per heavy atom. The lowest BCUT2D eigenvalue weighted by atomic mass is 10.2. The van der Waals surface area contributed by atoms with Crippen LogP contribution in [-0.4, -0.2) is 9.97 Å². The highest BCUT2D eigenvalue weighted by Crippen LogP contribution is 2.28. The predicted octanol–water partition coefficient (Wildman–Crippen LogP) is 2.55. The van der Waals surface area contributed by atoms with Crippen LogP contribution in [-0.2, 0) is 18.8 Å². The number of alkyl halides is 3. The number of hydrogen-bond acceptors (Lipinski definition) is 3. The van der Waals surface area contributed by atoms with Gasteiger partial charge < -0.3 is 12.6 Å². The summed E-state index contributed by atoms with van der Waals surface area (Å²) in [5, 5.41) is 0.383. The Kier molecular flexibility index (Phi) is 2.22. The molecule has 0 aliphatic heterocycles. The number of nitrogens with zero attached hydrogens (tertiary/aromatic N) is 2. The molecular formula is C9H4F3N2S-. The fraction of sp³-hybridized carbons (Fsp3) is 0.111. The standard InChI is InChI=1S/C9H5F3N2S/c10-9(11,12)8-13-6-4-2-1-3-5(6)7(15)14-8/h1-4H,(H,13,14,15)/p-1. The molecule has 2 rings (SSSR count). The molecule has 0 aliphatic rings. The zero-order chi connectivity index (χ0) is 11.1. The fourth-order valence-corrected chi connectivity index (χ4v) is 1.43. The lowest BCUT2D eigenvalue weighted by Gasteiger charge is -2.12. The van der Waals surface area contributed by atoms with Crippen LogP contribution in [0.1, 0.15) is 5.82 Å². The molecule has 0 saturated carbocycles. The van der Waals surface area contributed by atoms with E-state index in [1.54, 1.807) is 18.2 Å². The normalized spacial score (nSPS) is 11.9. The molecule has 6 heteroatoms. The average Bonchev–Trinajstić information content (AvgIpc) is 2.16. The quantitative estimate of drug-likeness (QED) is 0.513. The lowest BCUT2D eigenvalue weighted by Crippen LogP contribution is -2.11. The van der Waals surface area contributed by atoms with E-state index in [1.165, 1.54) is 6.07 Å². The van der Waals surface area contributed by atoms with Crippen LogP contribution in [0.5, 0.6) is 0 Å². The Hall–Kier alpha value is -1.43. The van der Waals surface area contributed by atoms with Gasteiger partial charge in [0.25, 0.3) is 0 Å². The molecule has 15 heavy (non-hydrogen) atoms. The SMILES string of the molecule is FC(F)(F)c1nc([S-])c2ccccc2n1. The van der Waals surface area contributed by atoms with Crippen LogP contribution in [0.2, 0.25) is 0 Å². The minimum absolute atomic E-state index is 0.0760. The van der Waals surface area contributed by atoms with Gasteiger partial charge in [0.1, 0.15) is 0 Å². The zero-order valence-corrected chi connectivity index (χ0v) is 8.06. The van der Waals surface area contributed by atoms with Crippen molar-refractivity contribution < 1.29 is 13.2 Å². The molecule has 1 heterocycles. The third kappa shape index (κ3) is 1.85. The van der Waals surface area contributed by atoms with Crippen molar-refractivity contribution >= 4 is 23.5 Å². The van der Waals surface area contributed by atoms with E-state index >= 15 is 0 Å². The van der Waals surface area contributed by atoms with Crippen LogP contribution in [0, 0.1) is 0 Å². The van der Waals surface area contributed by atoms with Gasteiger partial charge in [-0.25, -0.2) is 4.98 Å². The van der Waals surface area contributed by atoms with E-state index in [0.717, 1.165) is 0 Å². The van der Waals surface area contributed by atoms with Crippen LogP contribution in [0.15, 0.2) is 29.3 Å². The van der Waals surface area contributed by atoms with Crippen molar-refractivity contribution in [2.75, 3.05) is 0 Å². The summed E-state index contributed by atoms with van der Waals surface area (Å²) < 4.78 is 37.0. The minimum atomic E-state index is -4.56. The summed E-state index contributed by atoms with van der Waals surface area (Å²) >= 11 is 4.76. The van der Waals surface area contributed by atoms with Gasteiger partial charge in [-0.05, 0) is 11.5 Å². The third-order valence-corrected chi connectivity index (χ3v) is 2.13. The Morgan fingerprint density at radius 1 is 1.07 bits per heavy atom. The first-order valence-corrected chi connectivity index (χ1v) is 4.40. The first-order chi connectivity index (χ1) is 6.98. The van der Waals surface area contributed by atoms with Crippen LogP contribution < -0.4 is 0 Å². The van der Waals surface area contributed by atoms with Crippen molar-refractivity contribution in [3.63, 3.8) is 0 Å². The molecule has 0 amide bonds. The lowest BCUT2D eigenvalue weighted by molar-refractivity contribution is -0.145. The van der Waals surface area contributed by atoms with Crippen molar-refractivity contribution in [3.8, 4) is 0 Å². The summed E-state index contributed by atoms with van der Waals surface area (Å²) in [5.74, 6) is -1.19. The van der Waals surface area contributed by atoms with Gasteiger partial charge in [0, 0.05) is 0 Å². The van der Waals surface area contributed by atoms with Gasteiger partial charge in [-0.15, -0.1) is 0 Å². The Balaban J connectivity index is 2.73. The second-order valence-corrected chi connectivity index (χ2v) is 3.25. The molecule has 0 unspecified atom stereocenters. The maximum absolute atomic E-state index is 12.3. The molecule has 1 aromatic heterocycles. The molecular weight excluding hydrogens is 225 g/mol. The molecule has 1 aromatic carbocycles. The molecule has 0 bridgehead atoms. The molecule has 0 atom stereocenters. The highest BCUT2D eigenvalue weighted by molar-refractivity contribution is 7.59. The van der Waals surface area contributed by atoms with Gasteiger partial charge in [-0.2, -0.15) is 13.2 Å². The molecule has 0 spiro atoms. The summed E-state index contributed by atoms with van der Waals surface area (Å²) in [6.45, 7) is 0. The molecule has 78 valence electrons. The van der Waals surface area contributed by atoms with Crippen molar-refractivity contribution in [2.45, 2.75) is 11.2 Å². The van der Waals surface area contributed by atoms with Gasteiger partial charge in [-0.3, -0.25) is 4.98 Å². The molecule has 0 saturated heterocycles. The van der Waals surface area contributed by atoms with Crippen LogP contribution in [0.3, 0.4) is 0 Å². The van der Waals surface area contributed by atoms with Crippen molar-refractivity contribution in [3.05, 3.63) is 30.1 Å². The monoisotopic (exact) mass is 229 g/mol. The maximum Gasteiger partial charge on any atom is 0.451 e. The maximum atomic E-state index is 12.3. The van der Waals surface area contributed by atoms with Gasteiger partial charge in [-0.1, -0.05) is 23.2 Å². The van der Waals surface area contributed by atoms with E-state index in [4.69, 9.17) is 12.6 Å². The van der Waals surface area contributed by atoms with E-state index in [2.05, 4.69) is 9.97 Å². The van der Waals surface area contributed by atoms with E-state index in [1.807, 2.05) is 0 Å². The van der Waals surface area contributed by atoms with Gasteiger partial charge >= 0.3 is 6.18 Å². The molecule has 2 nitrogen and oxygen atoms in total. The molecule has 0 radical (unpaired) electrons. The molecule has 0 fully saturated rings. The van der Waals surface area contributed by atoms with E-state index < -0.39 is 12.0 Å². The predicted molar refractivity (Wildman–Crippen MR) is 50.2 cm³/mol. The van der Waals surface area contributed by atoms with Crippen LogP contribution in [0.4, 0.5) is 13.2 Å². The minimum Gasteiger partial charge on any atom is -0.759 e. The summed E-state index contributed by atoms with van der Waals surface area (Å²) in [6, 6.07) is 6.35. The van der Waals surface area contributed by atoms with Gasteiger partial charge in [0.05, 0.1) is 5.52 Å². The topological polar surface area (TPSA) is 25.8 Å². The zero-order valence-electron chi connectivity index (χ0n) is 7.25. The third-order valence-electron chi connectivity index (χ3n) is 1.82.